The Balaban J connectivity index is 1.78. The molecule has 1 heterocycles. The molecule has 0 spiro atoms. The maximum absolute atomic E-state index is 9.85. The molecule has 0 unspecified atom stereocenters. The van der Waals surface area contributed by atoms with Crippen molar-refractivity contribution in [1.29, 1.82) is 5.26 Å². The molecule has 1 aliphatic rings. The maximum atomic E-state index is 9.85. The van der Waals surface area contributed by atoms with Gasteiger partial charge < -0.3 is 20.3 Å². The summed E-state index contributed by atoms with van der Waals surface area (Å²) in [6.45, 7) is 2.43. The fourth-order valence-electron chi connectivity index (χ4n) is 3.49. The van der Waals surface area contributed by atoms with Gasteiger partial charge >= 0.3 is 0 Å². The van der Waals surface area contributed by atoms with Gasteiger partial charge in [-0.15, -0.1) is 0 Å². The summed E-state index contributed by atoms with van der Waals surface area (Å²) in [5.74, 6) is 0.659. The van der Waals surface area contributed by atoms with E-state index in [9.17, 15) is 10.4 Å². The number of hydrogen-bond donors (Lipinski definition) is 2. The predicted molar refractivity (Wildman–Crippen MR) is 117 cm³/mol. The first kappa shape index (κ1) is 19.9. The van der Waals surface area contributed by atoms with E-state index >= 15 is 0 Å². The molecule has 150 valence electrons. The van der Waals surface area contributed by atoms with Crippen LogP contribution in [0.5, 0.6) is 17.2 Å². The fourth-order valence-corrected chi connectivity index (χ4v) is 3.86. The third-order valence-electron chi connectivity index (χ3n) is 5.00. The Bertz CT molecular complexity index is 1180. The second kappa shape index (κ2) is 8.13. The molecule has 0 radical (unpaired) electrons. The molecule has 3 aromatic carbocycles. The van der Waals surface area contributed by atoms with E-state index in [4.69, 9.17) is 15.2 Å². The lowest BCUT2D eigenvalue weighted by Crippen LogP contribution is -2.21. The summed E-state index contributed by atoms with van der Waals surface area (Å²) in [6.07, 6.45) is 0. The Morgan fingerprint density at radius 1 is 1.10 bits per heavy atom. The highest BCUT2D eigenvalue weighted by molar-refractivity contribution is 9.10. The third kappa shape index (κ3) is 3.85. The monoisotopic (exact) mass is 462 g/mol. The predicted octanol–water partition coefficient (Wildman–Crippen LogP) is 5.26. The van der Waals surface area contributed by atoms with Crippen LogP contribution in [0.2, 0.25) is 0 Å². The molecule has 30 heavy (non-hydrogen) atoms. The number of aromatic hydroxyl groups is 1. The normalized spacial score (nSPS) is 15.2. The number of nitriles is 1. The lowest BCUT2D eigenvalue weighted by molar-refractivity contribution is 0.301. The first-order chi connectivity index (χ1) is 14.5. The van der Waals surface area contributed by atoms with Crippen molar-refractivity contribution in [2.24, 2.45) is 5.73 Å². The molecule has 0 aliphatic carbocycles. The van der Waals surface area contributed by atoms with E-state index in [1.165, 1.54) is 11.6 Å². The van der Waals surface area contributed by atoms with Crippen molar-refractivity contribution >= 4 is 15.9 Å². The second-order valence-electron chi connectivity index (χ2n) is 7.10. The van der Waals surface area contributed by atoms with Crippen LogP contribution in [0.15, 0.2) is 76.6 Å². The number of phenols is 1. The van der Waals surface area contributed by atoms with Crippen LogP contribution in [0.1, 0.15) is 28.2 Å². The molecule has 1 atom stereocenters. The quantitative estimate of drug-likeness (QED) is 0.551. The summed E-state index contributed by atoms with van der Waals surface area (Å²) in [5, 5.41) is 19.6. The number of fused-ring (bicyclic) bond motifs is 1. The van der Waals surface area contributed by atoms with Gasteiger partial charge in [-0.3, -0.25) is 0 Å². The summed E-state index contributed by atoms with van der Waals surface area (Å²) >= 11 is 3.52. The number of benzene rings is 3. The Hall–Kier alpha value is -3.43. The summed E-state index contributed by atoms with van der Waals surface area (Å²) in [4.78, 5) is 0. The van der Waals surface area contributed by atoms with Crippen molar-refractivity contribution < 1.29 is 14.6 Å². The van der Waals surface area contributed by atoms with E-state index in [2.05, 4.69) is 22.0 Å². The lowest BCUT2D eigenvalue weighted by Gasteiger charge is -2.28. The zero-order valence-corrected chi connectivity index (χ0v) is 17.8. The zero-order chi connectivity index (χ0) is 21.3. The molecule has 5 nitrogen and oxygen atoms in total. The topological polar surface area (TPSA) is 88.5 Å². The van der Waals surface area contributed by atoms with Crippen LogP contribution in [0.3, 0.4) is 0 Å². The number of nitrogens with zero attached hydrogens (tertiary/aromatic N) is 1. The van der Waals surface area contributed by atoms with Crippen LogP contribution in [-0.4, -0.2) is 5.11 Å². The highest BCUT2D eigenvalue weighted by atomic mass is 79.9. The number of halogens is 1. The van der Waals surface area contributed by atoms with E-state index in [0.717, 1.165) is 21.2 Å². The number of allylic oxidation sites excluding steroid dienone is 1. The van der Waals surface area contributed by atoms with Gasteiger partial charge in [0, 0.05) is 21.7 Å². The number of rotatable bonds is 4. The fraction of sp³-hybridized carbons (Fsp3) is 0.125. The summed E-state index contributed by atoms with van der Waals surface area (Å²) in [7, 11) is 0. The molecule has 3 aromatic rings. The van der Waals surface area contributed by atoms with E-state index < -0.39 is 5.92 Å². The minimum absolute atomic E-state index is 0.0186. The standard InChI is InChI=1S/C24H19BrN2O3/c1-14-2-4-15(5-3-14)13-29-21-9-6-16(25)10-19(21)23-18-8-7-17(28)11-22(18)30-24(27)20(23)12-26/h2-11,23,28H,13,27H2,1H3/t23-/m1/s1. The summed E-state index contributed by atoms with van der Waals surface area (Å²) in [5.41, 5.74) is 10.1. The molecule has 4 rings (SSSR count). The van der Waals surface area contributed by atoms with E-state index in [0.29, 0.717) is 23.7 Å². The van der Waals surface area contributed by atoms with Crippen LogP contribution in [-0.2, 0) is 6.61 Å². The van der Waals surface area contributed by atoms with Crippen molar-refractivity contribution in [2.75, 3.05) is 0 Å². The van der Waals surface area contributed by atoms with Gasteiger partial charge in [0.1, 0.15) is 35.5 Å². The van der Waals surface area contributed by atoms with Crippen LogP contribution in [0.25, 0.3) is 0 Å². The molecule has 1 aliphatic heterocycles. The minimum atomic E-state index is -0.482. The van der Waals surface area contributed by atoms with Gasteiger partial charge in [-0.05, 0) is 36.8 Å². The first-order valence-electron chi connectivity index (χ1n) is 9.34. The number of phenolic OH excluding ortho intramolecular Hbond substituents is 1. The first-order valence-corrected chi connectivity index (χ1v) is 10.1. The third-order valence-corrected chi connectivity index (χ3v) is 5.49. The van der Waals surface area contributed by atoms with Crippen LogP contribution in [0, 0.1) is 18.3 Å². The molecule has 0 saturated heterocycles. The SMILES string of the molecule is Cc1ccc(COc2ccc(Br)cc2[C@@H]2C(C#N)=C(N)Oc3cc(O)ccc32)cc1. The van der Waals surface area contributed by atoms with Gasteiger partial charge in [0.2, 0.25) is 5.88 Å². The minimum Gasteiger partial charge on any atom is -0.508 e. The zero-order valence-electron chi connectivity index (χ0n) is 16.2. The smallest absolute Gasteiger partial charge is 0.205 e. The Kier molecular flexibility index (Phi) is 5.39. The van der Waals surface area contributed by atoms with Gasteiger partial charge in [0.25, 0.3) is 0 Å². The average molecular weight is 463 g/mol. The highest BCUT2D eigenvalue weighted by Gasteiger charge is 2.33. The van der Waals surface area contributed by atoms with Crippen LogP contribution >= 0.6 is 15.9 Å². The van der Waals surface area contributed by atoms with Crippen molar-refractivity contribution in [3.05, 3.63) is 98.8 Å². The van der Waals surface area contributed by atoms with Crippen molar-refractivity contribution in [1.82, 2.24) is 0 Å². The number of ether oxygens (including phenoxy) is 2. The Labute approximate surface area is 183 Å². The van der Waals surface area contributed by atoms with Gasteiger partial charge in [-0.1, -0.05) is 51.8 Å². The molecule has 0 amide bonds. The summed E-state index contributed by atoms with van der Waals surface area (Å²) < 4.78 is 12.6. The largest absolute Gasteiger partial charge is 0.508 e. The molecule has 6 heteroatoms. The van der Waals surface area contributed by atoms with E-state index in [1.807, 2.05) is 49.4 Å². The van der Waals surface area contributed by atoms with Gasteiger partial charge in [0.05, 0.1) is 5.92 Å². The summed E-state index contributed by atoms with van der Waals surface area (Å²) in [6, 6.07) is 20.8. The number of hydrogen-bond acceptors (Lipinski definition) is 5. The van der Waals surface area contributed by atoms with E-state index in [1.54, 1.807) is 12.1 Å². The second-order valence-corrected chi connectivity index (χ2v) is 8.02. The van der Waals surface area contributed by atoms with Gasteiger partial charge in [-0.25, -0.2) is 0 Å². The average Bonchev–Trinajstić information content (AvgIpc) is 2.73. The van der Waals surface area contributed by atoms with Crippen molar-refractivity contribution in [2.45, 2.75) is 19.4 Å². The Morgan fingerprint density at radius 3 is 2.60 bits per heavy atom. The molecular formula is C24H19BrN2O3. The van der Waals surface area contributed by atoms with Crippen LogP contribution in [0.4, 0.5) is 0 Å². The maximum Gasteiger partial charge on any atom is 0.205 e. The lowest BCUT2D eigenvalue weighted by atomic mass is 9.83. The Morgan fingerprint density at radius 2 is 1.87 bits per heavy atom. The van der Waals surface area contributed by atoms with Crippen LogP contribution < -0.4 is 15.2 Å². The molecule has 0 bridgehead atoms. The van der Waals surface area contributed by atoms with Crippen molar-refractivity contribution in [3.63, 3.8) is 0 Å². The molecule has 0 saturated carbocycles. The van der Waals surface area contributed by atoms with Gasteiger partial charge in [0.15, 0.2) is 0 Å². The molecule has 0 aromatic heterocycles. The molecule has 3 N–H and O–H groups in total. The van der Waals surface area contributed by atoms with Crippen molar-refractivity contribution in [3.8, 4) is 23.3 Å². The molecular weight excluding hydrogens is 444 g/mol. The molecule has 0 fully saturated rings. The van der Waals surface area contributed by atoms with E-state index in [-0.39, 0.29) is 11.6 Å². The number of aryl methyl sites for hydroxylation is 1. The highest BCUT2D eigenvalue weighted by Crippen LogP contribution is 2.46. The van der Waals surface area contributed by atoms with Gasteiger partial charge in [-0.2, -0.15) is 5.26 Å². The number of nitrogens with two attached hydrogens (primary N) is 1.